The zero-order chi connectivity index (χ0) is 18.4. The molecule has 134 valence electrons. The van der Waals surface area contributed by atoms with Crippen LogP contribution in [0.2, 0.25) is 5.02 Å². The first kappa shape index (κ1) is 16.9. The fourth-order valence-electron chi connectivity index (χ4n) is 3.27. The molecule has 2 aromatic carbocycles. The van der Waals surface area contributed by atoms with E-state index >= 15 is 0 Å². The predicted molar refractivity (Wildman–Crippen MR) is 100 cm³/mol. The fraction of sp³-hybridized carbons (Fsp3) is 0.263. The van der Waals surface area contributed by atoms with Gasteiger partial charge in [-0.25, -0.2) is 4.79 Å². The van der Waals surface area contributed by atoms with Gasteiger partial charge in [0.05, 0.1) is 21.7 Å². The minimum absolute atomic E-state index is 0.106. The van der Waals surface area contributed by atoms with E-state index in [9.17, 15) is 9.59 Å². The number of aromatic nitrogens is 2. The average molecular weight is 372 g/mol. The second-order valence-electron chi connectivity index (χ2n) is 6.64. The van der Waals surface area contributed by atoms with E-state index in [0.29, 0.717) is 16.2 Å². The van der Waals surface area contributed by atoms with Crippen molar-refractivity contribution in [2.75, 3.05) is 0 Å². The normalized spacial score (nSPS) is 15.3. The highest BCUT2D eigenvalue weighted by molar-refractivity contribution is 6.35. The lowest BCUT2D eigenvalue weighted by Crippen LogP contribution is -2.32. The summed E-state index contributed by atoms with van der Waals surface area (Å²) >= 11 is 6.40. The van der Waals surface area contributed by atoms with Gasteiger partial charge in [0.25, 0.3) is 0 Å². The number of halogens is 1. The molecule has 0 bridgehead atoms. The van der Waals surface area contributed by atoms with E-state index in [-0.39, 0.29) is 18.2 Å². The quantitative estimate of drug-likeness (QED) is 0.721. The maximum absolute atomic E-state index is 13.0. The van der Waals surface area contributed by atoms with Crippen LogP contribution < -0.4 is 11.4 Å². The molecule has 4 rings (SSSR count). The molecule has 3 aromatic rings. The summed E-state index contributed by atoms with van der Waals surface area (Å²) in [5.74, 6) is -1.04. The standard InChI is InChI=1S/C19H18ClN3O3/c20-14-2-1-3-16-17(14)23(19(26)22(16)12-8-9-12)13-6-4-11(5-7-13)10-15(21)18(24)25/h1-7,12,15H,8-10,21H2,(H,24,25). The number of benzene rings is 2. The van der Waals surface area contributed by atoms with Crippen LogP contribution in [0.25, 0.3) is 16.7 Å². The van der Waals surface area contributed by atoms with E-state index in [4.69, 9.17) is 22.4 Å². The van der Waals surface area contributed by atoms with Crippen molar-refractivity contribution in [2.45, 2.75) is 31.3 Å². The average Bonchev–Trinajstić information content (AvgIpc) is 3.39. The number of rotatable bonds is 5. The van der Waals surface area contributed by atoms with Gasteiger partial charge in [0.1, 0.15) is 6.04 Å². The molecule has 1 fully saturated rings. The third kappa shape index (κ3) is 2.81. The Kier molecular flexibility index (Phi) is 4.09. The first-order valence-corrected chi connectivity index (χ1v) is 8.84. The van der Waals surface area contributed by atoms with Gasteiger partial charge in [-0.05, 0) is 49.1 Å². The highest BCUT2D eigenvalue weighted by atomic mass is 35.5. The lowest BCUT2D eigenvalue weighted by Gasteiger charge is -2.08. The Balaban J connectivity index is 1.81. The predicted octanol–water partition coefficient (Wildman–Crippen LogP) is 2.73. The summed E-state index contributed by atoms with van der Waals surface area (Å²) in [6, 6.07) is 12.0. The Morgan fingerprint density at radius 1 is 1.23 bits per heavy atom. The van der Waals surface area contributed by atoms with Crippen LogP contribution in [0.15, 0.2) is 47.3 Å². The van der Waals surface area contributed by atoms with Crippen molar-refractivity contribution in [1.29, 1.82) is 0 Å². The van der Waals surface area contributed by atoms with Crippen molar-refractivity contribution >= 4 is 28.6 Å². The van der Waals surface area contributed by atoms with E-state index in [2.05, 4.69) is 0 Å². The first-order valence-electron chi connectivity index (χ1n) is 8.46. The first-order chi connectivity index (χ1) is 12.5. The minimum atomic E-state index is -1.04. The number of para-hydroxylation sites is 1. The molecule has 3 N–H and O–H groups in total. The molecule has 7 heteroatoms. The molecule has 1 heterocycles. The molecule has 0 saturated heterocycles. The number of aliphatic carboxylic acids is 1. The largest absolute Gasteiger partial charge is 0.480 e. The topological polar surface area (TPSA) is 90.2 Å². The van der Waals surface area contributed by atoms with E-state index in [0.717, 1.165) is 23.9 Å². The molecule has 0 spiro atoms. The summed E-state index contributed by atoms with van der Waals surface area (Å²) in [6.45, 7) is 0. The van der Waals surface area contributed by atoms with Crippen molar-refractivity contribution in [2.24, 2.45) is 5.73 Å². The van der Waals surface area contributed by atoms with Gasteiger partial charge >= 0.3 is 11.7 Å². The van der Waals surface area contributed by atoms with E-state index in [1.54, 1.807) is 34.9 Å². The number of fused-ring (bicyclic) bond motifs is 1. The van der Waals surface area contributed by atoms with E-state index in [1.807, 2.05) is 16.7 Å². The lowest BCUT2D eigenvalue weighted by atomic mass is 10.1. The monoisotopic (exact) mass is 371 g/mol. The number of hydrogen-bond acceptors (Lipinski definition) is 3. The molecule has 1 aliphatic rings. The van der Waals surface area contributed by atoms with Gasteiger partial charge < -0.3 is 10.8 Å². The number of nitrogens with zero attached hydrogens (tertiary/aromatic N) is 2. The molecule has 1 saturated carbocycles. The molecule has 26 heavy (non-hydrogen) atoms. The molecule has 0 radical (unpaired) electrons. The molecule has 1 aliphatic carbocycles. The minimum Gasteiger partial charge on any atom is -0.480 e. The smallest absolute Gasteiger partial charge is 0.334 e. The third-order valence-corrected chi connectivity index (χ3v) is 5.03. The van der Waals surface area contributed by atoms with Crippen molar-refractivity contribution in [3.05, 3.63) is 63.5 Å². The van der Waals surface area contributed by atoms with Crippen LogP contribution in [0.1, 0.15) is 24.4 Å². The lowest BCUT2D eigenvalue weighted by molar-refractivity contribution is -0.138. The highest BCUT2D eigenvalue weighted by Crippen LogP contribution is 2.37. The van der Waals surface area contributed by atoms with Gasteiger partial charge in [0, 0.05) is 6.04 Å². The highest BCUT2D eigenvalue weighted by Gasteiger charge is 2.29. The van der Waals surface area contributed by atoms with E-state index in [1.165, 1.54) is 0 Å². The molecule has 1 aromatic heterocycles. The molecular formula is C19H18ClN3O3. The Morgan fingerprint density at radius 2 is 1.92 bits per heavy atom. The number of carbonyl (C=O) groups is 1. The Labute approximate surface area is 154 Å². The van der Waals surface area contributed by atoms with Gasteiger partial charge in [-0.2, -0.15) is 0 Å². The Hall–Kier alpha value is -2.57. The molecule has 6 nitrogen and oxygen atoms in total. The van der Waals surface area contributed by atoms with Crippen LogP contribution in [0.3, 0.4) is 0 Å². The number of carboxylic acids is 1. The molecular weight excluding hydrogens is 354 g/mol. The zero-order valence-electron chi connectivity index (χ0n) is 13.9. The van der Waals surface area contributed by atoms with Crippen LogP contribution in [-0.4, -0.2) is 26.3 Å². The van der Waals surface area contributed by atoms with Gasteiger partial charge in [0.2, 0.25) is 0 Å². The number of imidazole rings is 1. The second-order valence-corrected chi connectivity index (χ2v) is 7.05. The maximum Gasteiger partial charge on any atom is 0.334 e. The summed E-state index contributed by atoms with van der Waals surface area (Å²) < 4.78 is 3.44. The molecule has 1 unspecified atom stereocenters. The van der Waals surface area contributed by atoms with Crippen LogP contribution in [0, 0.1) is 0 Å². The number of carboxylic acid groups (broad SMARTS) is 1. The van der Waals surface area contributed by atoms with Crippen molar-refractivity contribution in [3.8, 4) is 5.69 Å². The van der Waals surface area contributed by atoms with Crippen LogP contribution in [-0.2, 0) is 11.2 Å². The molecule has 0 aliphatic heterocycles. The Bertz CT molecular complexity index is 1050. The van der Waals surface area contributed by atoms with E-state index < -0.39 is 12.0 Å². The molecule has 1 atom stereocenters. The van der Waals surface area contributed by atoms with Gasteiger partial charge in [-0.1, -0.05) is 29.8 Å². The summed E-state index contributed by atoms with van der Waals surface area (Å²) in [5.41, 5.74) is 8.50. The third-order valence-electron chi connectivity index (χ3n) is 4.73. The van der Waals surface area contributed by atoms with Gasteiger partial charge in [-0.3, -0.25) is 13.9 Å². The van der Waals surface area contributed by atoms with Crippen LogP contribution in [0.4, 0.5) is 0 Å². The van der Waals surface area contributed by atoms with Crippen molar-refractivity contribution in [1.82, 2.24) is 9.13 Å². The summed E-state index contributed by atoms with van der Waals surface area (Å²) in [6.07, 6.45) is 2.23. The maximum atomic E-state index is 13.0. The molecule has 0 amide bonds. The zero-order valence-corrected chi connectivity index (χ0v) is 14.7. The van der Waals surface area contributed by atoms with Crippen LogP contribution in [0.5, 0.6) is 0 Å². The fourth-order valence-corrected chi connectivity index (χ4v) is 3.53. The van der Waals surface area contributed by atoms with Crippen LogP contribution >= 0.6 is 11.6 Å². The summed E-state index contributed by atoms with van der Waals surface area (Å²) in [5, 5.41) is 9.46. The van der Waals surface area contributed by atoms with Crippen molar-refractivity contribution in [3.63, 3.8) is 0 Å². The number of hydrogen-bond donors (Lipinski definition) is 2. The second kappa shape index (κ2) is 6.30. The summed E-state index contributed by atoms with van der Waals surface area (Å²) in [7, 11) is 0. The SMILES string of the molecule is NC(Cc1ccc(-n2c(=O)n(C3CC3)c3cccc(Cl)c32)cc1)C(=O)O. The van der Waals surface area contributed by atoms with Gasteiger partial charge in [0.15, 0.2) is 0 Å². The van der Waals surface area contributed by atoms with Crippen molar-refractivity contribution < 1.29 is 9.90 Å². The number of nitrogens with two attached hydrogens (primary N) is 1. The summed E-state index contributed by atoms with van der Waals surface area (Å²) in [4.78, 5) is 23.9. The van der Waals surface area contributed by atoms with Gasteiger partial charge in [-0.15, -0.1) is 0 Å². The Morgan fingerprint density at radius 3 is 2.54 bits per heavy atom.